The number of ether oxygens (including phenoxy) is 2. The molecule has 2 heterocycles. The van der Waals surface area contributed by atoms with Gasteiger partial charge < -0.3 is 14.6 Å². The molecule has 11 nitrogen and oxygen atoms in total. The van der Waals surface area contributed by atoms with Crippen molar-refractivity contribution in [1.82, 2.24) is 24.8 Å². The lowest BCUT2D eigenvalue weighted by molar-refractivity contribution is -0.144. The molecular weight excluding hydrogens is 622 g/mol. The summed E-state index contributed by atoms with van der Waals surface area (Å²) in [6.07, 6.45) is 3.11. The third-order valence-electron chi connectivity index (χ3n) is 8.93. The first-order valence-corrected chi connectivity index (χ1v) is 16.7. The van der Waals surface area contributed by atoms with E-state index < -0.39 is 35.6 Å². The van der Waals surface area contributed by atoms with E-state index >= 15 is 0 Å². The number of carbonyl (C=O) groups excluding carboxylic acids is 2. The van der Waals surface area contributed by atoms with Crippen molar-refractivity contribution in [2.75, 3.05) is 6.61 Å². The molecule has 0 amide bonds. The molecule has 0 fully saturated rings. The Kier molecular flexibility index (Phi) is 9.62. The van der Waals surface area contributed by atoms with Crippen LogP contribution in [0.15, 0.2) is 79.0 Å². The Hall–Kier alpha value is -5.32. The maximum Gasteiger partial charge on any atom is 0.419 e. The van der Waals surface area contributed by atoms with Gasteiger partial charge in [-0.05, 0) is 77.9 Å². The zero-order valence-electron chi connectivity index (χ0n) is 28.2. The van der Waals surface area contributed by atoms with Gasteiger partial charge in [0.15, 0.2) is 11.9 Å². The predicted molar refractivity (Wildman–Crippen MR) is 183 cm³/mol. The lowest BCUT2D eigenvalue weighted by Gasteiger charge is -2.20. The van der Waals surface area contributed by atoms with Gasteiger partial charge >= 0.3 is 18.0 Å². The van der Waals surface area contributed by atoms with E-state index in [-0.39, 0.29) is 31.2 Å². The standard InChI is InChI=1S/C38H41N5O6/c1-5-6-18-33(36(45)46)43-35(39-40-41-43)24(20-25-22-42(37(47)49-38(2,3)4)32-19-12-11-13-26(25)32)21-34(44)48-23-31-29-16-9-7-14-27(29)28-15-8-10-17-30(28)31/h7-17,19,22,24,31,33H,5-6,18,20-21,23H2,1-4H3,(H,45,46)/t24-,33+/m1/s1. The minimum absolute atomic E-state index is 0.109. The molecule has 6 rings (SSSR count). The summed E-state index contributed by atoms with van der Waals surface area (Å²) in [4.78, 5) is 39.4. The van der Waals surface area contributed by atoms with Crippen molar-refractivity contribution < 1.29 is 29.0 Å². The summed E-state index contributed by atoms with van der Waals surface area (Å²) in [5.74, 6) is -2.02. The van der Waals surface area contributed by atoms with E-state index in [9.17, 15) is 19.5 Å². The highest BCUT2D eigenvalue weighted by molar-refractivity contribution is 5.92. The van der Waals surface area contributed by atoms with E-state index in [1.165, 1.54) is 9.25 Å². The van der Waals surface area contributed by atoms with Gasteiger partial charge in [0.25, 0.3) is 0 Å². The molecule has 0 bridgehead atoms. The highest BCUT2D eigenvalue weighted by Gasteiger charge is 2.33. The molecule has 0 unspecified atom stereocenters. The molecular formula is C38H41N5O6. The second-order valence-electron chi connectivity index (χ2n) is 13.5. The molecule has 2 atom stereocenters. The number of nitrogens with zero attached hydrogens (tertiary/aromatic N) is 5. The topological polar surface area (TPSA) is 138 Å². The van der Waals surface area contributed by atoms with Crippen molar-refractivity contribution in [2.24, 2.45) is 0 Å². The number of para-hydroxylation sites is 1. The molecule has 0 radical (unpaired) electrons. The molecule has 254 valence electrons. The summed E-state index contributed by atoms with van der Waals surface area (Å²) in [7, 11) is 0. The number of unbranched alkanes of at least 4 members (excludes halogenated alkanes) is 1. The van der Waals surface area contributed by atoms with Crippen LogP contribution >= 0.6 is 0 Å². The number of tetrazole rings is 1. The van der Waals surface area contributed by atoms with Crippen molar-refractivity contribution >= 4 is 28.9 Å². The summed E-state index contributed by atoms with van der Waals surface area (Å²) in [5.41, 5.74) is 5.17. The molecule has 1 N–H and O–H groups in total. The third kappa shape index (κ3) is 7.11. The van der Waals surface area contributed by atoms with E-state index in [0.717, 1.165) is 39.6 Å². The molecule has 3 aromatic carbocycles. The van der Waals surface area contributed by atoms with E-state index in [0.29, 0.717) is 18.4 Å². The Bertz CT molecular complexity index is 1940. The van der Waals surface area contributed by atoms with E-state index in [1.807, 2.05) is 55.5 Å². The SMILES string of the molecule is CCCC[C@@H](C(=O)O)n1nnnc1[C@@H](CC(=O)OCC1c2ccccc2-c2ccccc21)Cc1cn(C(=O)OC(C)(C)C)c2ccccc12. The second-order valence-corrected chi connectivity index (χ2v) is 13.5. The zero-order chi connectivity index (χ0) is 34.7. The van der Waals surface area contributed by atoms with Gasteiger partial charge in [0.05, 0.1) is 11.9 Å². The Balaban J connectivity index is 1.32. The van der Waals surface area contributed by atoms with Crippen LogP contribution in [0.1, 0.15) is 93.8 Å². The molecule has 0 saturated carbocycles. The monoisotopic (exact) mass is 663 g/mol. The van der Waals surface area contributed by atoms with E-state index in [2.05, 4.69) is 39.8 Å². The van der Waals surface area contributed by atoms with Gasteiger partial charge in [-0.15, -0.1) is 5.10 Å². The molecule has 1 aliphatic carbocycles. The highest BCUT2D eigenvalue weighted by Crippen LogP contribution is 2.44. The first-order valence-electron chi connectivity index (χ1n) is 16.7. The molecule has 0 aliphatic heterocycles. The van der Waals surface area contributed by atoms with Crippen LogP contribution in [0.25, 0.3) is 22.0 Å². The number of esters is 1. The number of hydrogen-bond donors (Lipinski definition) is 1. The number of carboxylic acid groups (broad SMARTS) is 1. The molecule has 2 aromatic heterocycles. The maximum absolute atomic E-state index is 13.7. The van der Waals surface area contributed by atoms with Crippen LogP contribution in [0.3, 0.4) is 0 Å². The molecule has 0 spiro atoms. The van der Waals surface area contributed by atoms with Crippen molar-refractivity contribution in [3.63, 3.8) is 0 Å². The normalized spacial score (nSPS) is 13.9. The smallest absolute Gasteiger partial charge is 0.419 e. The number of hydrogen-bond acceptors (Lipinski definition) is 8. The van der Waals surface area contributed by atoms with Crippen LogP contribution in [0.4, 0.5) is 4.79 Å². The Labute approximate surface area is 284 Å². The van der Waals surface area contributed by atoms with Gasteiger partial charge in [0.1, 0.15) is 12.2 Å². The molecule has 11 heteroatoms. The average molecular weight is 664 g/mol. The van der Waals surface area contributed by atoms with Crippen LogP contribution in [0, 0.1) is 0 Å². The first kappa shape index (κ1) is 33.6. The Morgan fingerprint density at radius 3 is 2.24 bits per heavy atom. The predicted octanol–water partition coefficient (Wildman–Crippen LogP) is 7.30. The van der Waals surface area contributed by atoms with Gasteiger partial charge in [-0.25, -0.2) is 14.3 Å². The summed E-state index contributed by atoms with van der Waals surface area (Å²) in [6.45, 7) is 7.55. The molecule has 49 heavy (non-hydrogen) atoms. The summed E-state index contributed by atoms with van der Waals surface area (Å²) < 4.78 is 14.5. The van der Waals surface area contributed by atoms with Gasteiger partial charge in [0, 0.05) is 23.4 Å². The van der Waals surface area contributed by atoms with Crippen LogP contribution < -0.4 is 0 Å². The molecule has 0 saturated heterocycles. The largest absolute Gasteiger partial charge is 0.480 e. The average Bonchev–Trinajstić information content (AvgIpc) is 3.78. The first-order chi connectivity index (χ1) is 23.6. The van der Waals surface area contributed by atoms with Crippen molar-refractivity contribution in [1.29, 1.82) is 0 Å². The lowest BCUT2D eigenvalue weighted by atomic mass is 9.94. The number of aromatic nitrogens is 5. The summed E-state index contributed by atoms with van der Waals surface area (Å²) in [5, 5.41) is 23.2. The fourth-order valence-electron chi connectivity index (χ4n) is 6.71. The number of benzene rings is 3. The fourth-order valence-corrected chi connectivity index (χ4v) is 6.71. The number of fused-ring (bicyclic) bond motifs is 4. The number of carboxylic acids is 1. The lowest BCUT2D eigenvalue weighted by Crippen LogP contribution is -2.26. The van der Waals surface area contributed by atoms with E-state index in [1.54, 1.807) is 27.0 Å². The van der Waals surface area contributed by atoms with E-state index in [4.69, 9.17) is 9.47 Å². The minimum Gasteiger partial charge on any atom is -0.480 e. The van der Waals surface area contributed by atoms with Gasteiger partial charge in [0.2, 0.25) is 0 Å². The van der Waals surface area contributed by atoms with Crippen molar-refractivity contribution in [3.05, 3.63) is 102 Å². The second kappa shape index (κ2) is 14.0. The fraction of sp³-hybridized carbons (Fsp3) is 0.368. The van der Waals surface area contributed by atoms with Crippen LogP contribution in [0.5, 0.6) is 0 Å². The number of aliphatic carboxylic acids is 1. The summed E-state index contributed by atoms with van der Waals surface area (Å²) >= 11 is 0. The minimum atomic E-state index is -1.05. The molecule has 1 aliphatic rings. The van der Waals surface area contributed by atoms with Crippen molar-refractivity contribution in [2.45, 2.75) is 83.3 Å². The van der Waals surface area contributed by atoms with Gasteiger partial charge in [-0.1, -0.05) is 86.5 Å². The highest BCUT2D eigenvalue weighted by atomic mass is 16.6. The number of carbonyl (C=O) groups is 3. The van der Waals surface area contributed by atoms with Crippen LogP contribution in [-0.2, 0) is 25.5 Å². The van der Waals surface area contributed by atoms with Crippen LogP contribution in [-0.4, -0.2) is 60.1 Å². The van der Waals surface area contributed by atoms with Crippen molar-refractivity contribution in [3.8, 4) is 11.1 Å². The van der Waals surface area contributed by atoms with Gasteiger partial charge in [-0.3, -0.25) is 9.36 Å². The zero-order valence-corrected chi connectivity index (χ0v) is 28.2. The maximum atomic E-state index is 13.7. The quantitative estimate of drug-likeness (QED) is 0.136. The summed E-state index contributed by atoms with van der Waals surface area (Å²) in [6, 6.07) is 22.7. The third-order valence-corrected chi connectivity index (χ3v) is 8.93. The molecule has 5 aromatic rings. The Morgan fingerprint density at radius 1 is 0.939 bits per heavy atom. The number of rotatable bonds is 12. The van der Waals surface area contributed by atoms with Crippen LogP contribution in [0.2, 0.25) is 0 Å². The Morgan fingerprint density at radius 2 is 1.59 bits per heavy atom. The van der Waals surface area contributed by atoms with Gasteiger partial charge in [-0.2, -0.15) is 0 Å².